The zero-order chi connectivity index (χ0) is 28.3. The molecule has 0 aliphatic carbocycles. The second-order valence-electron chi connectivity index (χ2n) is 8.55. The van der Waals surface area contributed by atoms with Crippen LogP contribution < -0.4 is 19.5 Å². The average Bonchev–Trinajstić information content (AvgIpc) is 2.99. The van der Waals surface area contributed by atoms with Crippen molar-refractivity contribution in [3.63, 3.8) is 0 Å². The first-order valence-corrected chi connectivity index (χ1v) is 12.2. The Bertz CT molecular complexity index is 1560. The Labute approximate surface area is 231 Å². The van der Waals surface area contributed by atoms with E-state index in [1.807, 2.05) is 54.6 Å². The summed E-state index contributed by atoms with van der Waals surface area (Å²) in [5.41, 5.74) is 2.46. The summed E-state index contributed by atoms with van der Waals surface area (Å²) in [6.07, 6.45) is 1.43. The van der Waals surface area contributed by atoms with Gasteiger partial charge in [-0.3, -0.25) is 14.9 Å². The number of nitro benzene ring substituents is 1. The molecule has 0 aliphatic rings. The zero-order valence-corrected chi connectivity index (χ0v) is 21.6. The Kier molecular flexibility index (Phi) is 9.09. The molecule has 0 spiro atoms. The van der Waals surface area contributed by atoms with Crippen molar-refractivity contribution >= 4 is 23.4 Å². The van der Waals surface area contributed by atoms with Crippen LogP contribution in [0.4, 0.5) is 11.4 Å². The monoisotopic (exact) mass is 535 g/mol. The lowest BCUT2D eigenvalue weighted by molar-refractivity contribution is -0.384. The Morgan fingerprint density at radius 2 is 1.65 bits per heavy atom. The number of carbonyl (C=O) groups is 1. The third-order valence-electron chi connectivity index (χ3n) is 5.74. The fourth-order valence-corrected chi connectivity index (χ4v) is 3.69. The fraction of sp³-hybridized carbons (Fsp3) is 0.0968. The predicted molar refractivity (Wildman–Crippen MR) is 150 cm³/mol. The molecule has 1 amide bonds. The molecule has 0 atom stereocenters. The summed E-state index contributed by atoms with van der Waals surface area (Å²) in [6, 6.07) is 29.7. The van der Waals surface area contributed by atoms with E-state index >= 15 is 0 Å². The highest BCUT2D eigenvalue weighted by Gasteiger charge is 2.12. The standard InChI is InChI=1S/C31H25N3O6/c1-38-30-17-24(12-15-29(30)40-20-23-6-3-2-4-7-23)21-39-28-13-10-22(11-14-28)16-25(19-32)31(35)33-26-8-5-9-27(18-26)34(36)37/h2-18H,20-21H2,1H3,(H,33,35)/b25-16-. The van der Waals surface area contributed by atoms with Gasteiger partial charge in [0.1, 0.15) is 30.6 Å². The van der Waals surface area contributed by atoms with E-state index in [-0.39, 0.29) is 16.9 Å². The molecule has 0 bridgehead atoms. The van der Waals surface area contributed by atoms with Gasteiger partial charge >= 0.3 is 0 Å². The predicted octanol–water partition coefficient (Wildman–Crippen LogP) is 6.31. The molecule has 4 aromatic carbocycles. The first kappa shape index (κ1) is 27.4. The van der Waals surface area contributed by atoms with E-state index < -0.39 is 10.8 Å². The van der Waals surface area contributed by atoms with Gasteiger partial charge in [-0.25, -0.2) is 0 Å². The highest BCUT2D eigenvalue weighted by atomic mass is 16.6. The summed E-state index contributed by atoms with van der Waals surface area (Å²) in [5.74, 6) is 1.16. The molecule has 0 aliphatic heterocycles. The van der Waals surface area contributed by atoms with Crippen LogP contribution in [0.5, 0.6) is 17.2 Å². The van der Waals surface area contributed by atoms with Gasteiger partial charge in [0.15, 0.2) is 11.5 Å². The molecule has 200 valence electrons. The van der Waals surface area contributed by atoms with Crippen LogP contribution in [0.1, 0.15) is 16.7 Å². The van der Waals surface area contributed by atoms with Crippen molar-refractivity contribution in [2.24, 2.45) is 0 Å². The molecule has 40 heavy (non-hydrogen) atoms. The molecule has 0 heterocycles. The molecule has 0 saturated carbocycles. The molecular formula is C31H25N3O6. The second kappa shape index (κ2) is 13.3. The van der Waals surface area contributed by atoms with Crippen molar-refractivity contribution < 1.29 is 23.9 Å². The molecule has 0 radical (unpaired) electrons. The minimum Gasteiger partial charge on any atom is -0.493 e. The van der Waals surface area contributed by atoms with Crippen molar-refractivity contribution in [3.05, 3.63) is 129 Å². The maximum absolute atomic E-state index is 12.5. The summed E-state index contributed by atoms with van der Waals surface area (Å²) < 4.78 is 17.3. The van der Waals surface area contributed by atoms with Crippen LogP contribution in [0.15, 0.2) is 103 Å². The molecule has 9 nitrogen and oxygen atoms in total. The number of hydrogen-bond donors (Lipinski definition) is 1. The van der Waals surface area contributed by atoms with Crippen LogP contribution in [0.25, 0.3) is 6.08 Å². The highest BCUT2D eigenvalue weighted by Crippen LogP contribution is 2.29. The summed E-state index contributed by atoms with van der Waals surface area (Å²) >= 11 is 0. The molecule has 4 rings (SSSR count). The van der Waals surface area contributed by atoms with Gasteiger partial charge in [0, 0.05) is 17.8 Å². The number of methoxy groups -OCH3 is 1. The van der Waals surface area contributed by atoms with E-state index in [0.717, 1.165) is 11.1 Å². The third-order valence-corrected chi connectivity index (χ3v) is 5.74. The Hall–Kier alpha value is -5.62. The molecule has 0 unspecified atom stereocenters. The highest BCUT2D eigenvalue weighted by molar-refractivity contribution is 6.09. The lowest BCUT2D eigenvalue weighted by Gasteiger charge is -2.13. The molecule has 1 N–H and O–H groups in total. The molecule has 0 fully saturated rings. The lowest BCUT2D eigenvalue weighted by atomic mass is 10.1. The Morgan fingerprint density at radius 3 is 2.35 bits per heavy atom. The Balaban J connectivity index is 1.35. The van der Waals surface area contributed by atoms with E-state index in [1.54, 1.807) is 31.4 Å². The normalized spacial score (nSPS) is 10.8. The topological polar surface area (TPSA) is 124 Å². The van der Waals surface area contributed by atoms with Crippen LogP contribution >= 0.6 is 0 Å². The van der Waals surface area contributed by atoms with Crippen molar-refractivity contribution in [3.8, 4) is 23.3 Å². The number of rotatable bonds is 11. The number of anilines is 1. The van der Waals surface area contributed by atoms with E-state index in [4.69, 9.17) is 14.2 Å². The number of amides is 1. The van der Waals surface area contributed by atoms with Crippen LogP contribution in [0, 0.1) is 21.4 Å². The summed E-state index contributed by atoms with van der Waals surface area (Å²) in [6.45, 7) is 0.720. The largest absolute Gasteiger partial charge is 0.493 e. The van der Waals surface area contributed by atoms with Crippen molar-refractivity contribution in [2.75, 3.05) is 12.4 Å². The number of nitrogens with zero attached hydrogens (tertiary/aromatic N) is 2. The van der Waals surface area contributed by atoms with E-state index in [9.17, 15) is 20.2 Å². The first-order chi connectivity index (χ1) is 19.4. The van der Waals surface area contributed by atoms with Crippen LogP contribution in [0.2, 0.25) is 0 Å². The summed E-state index contributed by atoms with van der Waals surface area (Å²) in [4.78, 5) is 22.9. The van der Waals surface area contributed by atoms with Gasteiger partial charge < -0.3 is 19.5 Å². The van der Waals surface area contributed by atoms with Crippen LogP contribution in [-0.2, 0) is 18.0 Å². The van der Waals surface area contributed by atoms with Gasteiger partial charge in [-0.2, -0.15) is 5.26 Å². The number of benzene rings is 4. The Morgan fingerprint density at radius 1 is 0.900 bits per heavy atom. The van der Waals surface area contributed by atoms with Crippen LogP contribution in [-0.4, -0.2) is 17.9 Å². The molecular weight excluding hydrogens is 510 g/mol. The fourth-order valence-electron chi connectivity index (χ4n) is 3.69. The van der Waals surface area contributed by atoms with Gasteiger partial charge in [0.2, 0.25) is 0 Å². The van der Waals surface area contributed by atoms with E-state index in [1.165, 1.54) is 30.3 Å². The number of ether oxygens (including phenoxy) is 3. The number of nitriles is 1. The van der Waals surface area contributed by atoms with Gasteiger partial charge in [-0.05, 0) is 53.1 Å². The minimum absolute atomic E-state index is 0.151. The number of nitrogens with one attached hydrogen (secondary N) is 1. The maximum atomic E-state index is 12.5. The van der Waals surface area contributed by atoms with Gasteiger partial charge in [-0.15, -0.1) is 0 Å². The molecule has 4 aromatic rings. The number of carbonyl (C=O) groups excluding carboxylic acids is 1. The van der Waals surface area contributed by atoms with Gasteiger partial charge in [0.05, 0.1) is 12.0 Å². The van der Waals surface area contributed by atoms with Gasteiger partial charge in [0.25, 0.3) is 11.6 Å². The molecule has 0 aromatic heterocycles. The summed E-state index contributed by atoms with van der Waals surface area (Å²) in [7, 11) is 1.58. The SMILES string of the molecule is COc1cc(COc2ccc(/C=C(/C#N)C(=O)Nc3cccc([N+](=O)[O-])c3)cc2)ccc1OCc1ccccc1. The quantitative estimate of drug-likeness (QED) is 0.103. The van der Waals surface area contributed by atoms with Gasteiger partial charge in [-0.1, -0.05) is 54.6 Å². The minimum atomic E-state index is -0.673. The van der Waals surface area contributed by atoms with Crippen LogP contribution in [0.3, 0.4) is 0 Å². The third kappa shape index (κ3) is 7.46. The number of non-ortho nitro benzene ring substituents is 1. The summed E-state index contributed by atoms with van der Waals surface area (Å²) in [5, 5.41) is 22.9. The molecule has 0 saturated heterocycles. The maximum Gasteiger partial charge on any atom is 0.271 e. The number of nitro groups is 1. The van der Waals surface area contributed by atoms with E-state index in [2.05, 4.69) is 5.32 Å². The zero-order valence-electron chi connectivity index (χ0n) is 21.6. The van der Waals surface area contributed by atoms with Crippen molar-refractivity contribution in [2.45, 2.75) is 13.2 Å². The van der Waals surface area contributed by atoms with E-state index in [0.29, 0.717) is 36.0 Å². The first-order valence-electron chi connectivity index (χ1n) is 12.2. The second-order valence-corrected chi connectivity index (χ2v) is 8.55. The average molecular weight is 536 g/mol. The van der Waals surface area contributed by atoms with Crippen molar-refractivity contribution in [1.82, 2.24) is 0 Å². The lowest BCUT2D eigenvalue weighted by Crippen LogP contribution is -2.13. The van der Waals surface area contributed by atoms with Crippen molar-refractivity contribution in [1.29, 1.82) is 5.26 Å². The molecule has 9 heteroatoms. The number of hydrogen-bond acceptors (Lipinski definition) is 7. The smallest absolute Gasteiger partial charge is 0.271 e.